The standard InChI is InChI=1S/C17H27N3O/c1-11(2)16(19(5)6)17-18-14-9-12(3)13(4)10-15(14)20(17)7-8-21/h9-11,16,21H,7-8H2,1-6H3. The molecule has 116 valence electrons. The lowest BCUT2D eigenvalue weighted by Crippen LogP contribution is -2.28. The number of fused-ring (bicyclic) bond motifs is 1. The molecule has 0 radical (unpaired) electrons. The fourth-order valence-electron chi connectivity index (χ4n) is 3.08. The number of hydrogen-bond donors (Lipinski definition) is 1. The first-order valence-electron chi connectivity index (χ1n) is 7.61. The Hall–Kier alpha value is -1.39. The summed E-state index contributed by atoms with van der Waals surface area (Å²) < 4.78 is 2.17. The van der Waals surface area contributed by atoms with Gasteiger partial charge >= 0.3 is 0 Å². The first-order valence-corrected chi connectivity index (χ1v) is 7.61. The van der Waals surface area contributed by atoms with E-state index in [0.717, 1.165) is 16.9 Å². The molecule has 1 heterocycles. The Labute approximate surface area is 127 Å². The molecule has 2 aromatic rings. The number of rotatable bonds is 5. The summed E-state index contributed by atoms with van der Waals surface area (Å²) in [5, 5.41) is 9.44. The van der Waals surface area contributed by atoms with Crippen LogP contribution in [0.4, 0.5) is 0 Å². The van der Waals surface area contributed by atoms with E-state index in [1.54, 1.807) is 0 Å². The summed E-state index contributed by atoms with van der Waals surface area (Å²) in [6.07, 6.45) is 0. The summed E-state index contributed by atoms with van der Waals surface area (Å²) >= 11 is 0. The van der Waals surface area contributed by atoms with Gasteiger partial charge in [-0.2, -0.15) is 0 Å². The Morgan fingerprint density at radius 2 is 1.81 bits per heavy atom. The highest BCUT2D eigenvalue weighted by Gasteiger charge is 2.25. The van der Waals surface area contributed by atoms with E-state index < -0.39 is 0 Å². The molecule has 0 fully saturated rings. The fourth-order valence-corrected chi connectivity index (χ4v) is 3.08. The van der Waals surface area contributed by atoms with E-state index in [2.05, 4.69) is 63.4 Å². The molecule has 4 heteroatoms. The molecule has 0 aliphatic carbocycles. The highest BCUT2D eigenvalue weighted by molar-refractivity contribution is 5.78. The summed E-state index contributed by atoms with van der Waals surface area (Å²) in [6.45, 7) is 9.38. The van der Waals surface area contributed by atoms with E-state index >= 15 is 0 Å². The van der Waals surface area contributed by atoms with Gasteiger partial charge in [0.15, 0.2) is 0 Å². The van der Waals surface area contributed by atoms with Crippen molar-refractivity contribution in [1.29, 1.82) is 0 Å². The van der Waals surface area contributed by atoms with Crippen LogP contribution in [0.5, 0.6) is 0 Å². The van der Waals surface area contributed by atoms with Gasteiger partial charge < -0.3 is 9.67 Å². The van der Waals surface area contributed by atoms with Gasteiger partial charge in [0.25, 0.3) is 0 Å². The topological polar surface area (TPSA) is 41.3 Å². The molecule has 1 aromatic heterocycles. The van der Waals surface area contributed by atoms with Crippen molar-refractivity contribution in [3.05, 3.63) is 29.1 Å². The molecule has 4 nitrogen and oxygen atoms in total. The van der Waals surface area contributed by atoms with Crippen LogP contribution in [0.15, 0.2) is 12.1 Å². The number of hydrogen-bond acceptors (Lipinski definition) is 3. The van der Waals surface area contributed by atoms with Crippen molar-refractivity contribution in [2.75, 3.05) is 20.7 Å². The van der Waals surface area contributed by atoms with E-state index in [1.807, 2.05) is 0 Å². The Bertz CT molecular complexity index is 620. The summed E-state index contributed by atoms with van der Waals surface area (Å²) in [6, 6.07) is 4.57. The number of aryl methyl sites for hydroxylation is 2. The molecule has 1 N–H and O–H groups in total. The zero-order valence-electron chi connectivity index (χ0n) is 14.0. The summed E-state index contributed by atoms with van der Waals surface area (Å²) in [5.41, 5.74) is 4.66. The lowest BCUT2D eigenvalue weighted by molar-refractivity contribution is 0.212. The van der Waals surface area contributed by atoms with Gasteiger partial charge in [-0.15, -0.1) is 0 Å². The molecular weight excluding hydrogens is 262 g/mol. The first kappa shape index (κ1) is 16.0. The second-order valence-electron chi connectivity index (χ2n) is 6.42. The molecule has 0 aliphatic rings. The number of nitrogens with zero attached hydrogens (tertiary/aromatic N) is 3. The number of benzene rings is 1. The monoisotopic (exact) mass is 289 g/mol. The van der Waals surface area contributed by atoms with E-state index in [1.165, 1.54) is 11.1 Å². The average molecular weight is 289 g/mol. The van der Waals surface area contributed by atoms with Crippen LogP contribution in [0.1, 0.15) is 36.8 Å². The van der Waals surface area contributed by atoms with Gasteiger partial charge in [0.1, 0.15) is 5.82 Å². The molecule has 0 amide bonds. The Kier molecular flexibility index (Phi) is 4.69. The maximum Gasteiger partial charge on any atom is 0.127 e. The van der Waals surface area contributed by atoms with Gasteiger partial charge in [-0.05, 0) is 57.1 Å². The van der Waals surface area contributed by atoms with Crippen LogP contribution in [-0.4, -0.2) is 40.3 Å². The SMILES string of the molecule is Cc1cc2nc(C(C(C)C)N(C)C)n(CCO)c2cc1C. The highest BCUT2D eigenvalue weighted by Crippen LogP contribution is 2.30. The van der Waals surface area contributed by atoms with Crippen LogP contribution >= 0.6 is 0 Å². The van der Waals surface area contributed by atoms with E-state index in [0.29, 0.717) is 12.5 Å². The van der Waals surface area contributed by atoms with E-state index in [4.69, 9.17) is 4.98 Å². The van der Waals surface area contributed by atoms with Crippen molar-refractivity contribution >= 4 is 11.0 Å². The zero-order valence-corrected chi connectivity index (χ0v) is 14.0. The van der Waals surface area contributed by atoms with Gasteiger partial charge in [0, 0.05) is 6.54 Å². The van der Waals surface area contributed by atoms with Crippen LogP contribution < -0.4 is 0 Å². The lowest BCUT2D eigenvalue weighted by atomic mass is 10.0. The van der Waals surface area contributed by atoms with Gasteiger partial charge in [0.05, 0.1) is 23.7 Å². The third-order valence-corrected chi connectivity index (χ3v) is 4.17. The minimum atomic E-state index is 0.129. The maximum absolute atomic E-state index is 9.44. The second kappa shape index (κ2) is 6.16. The van der Waals surface area contributed by atoms with Crippen LogP contribution in [-0.2, 0) is 6.54 Å². The van der Waals surface area contributed by atoms with E-state index in [9.17, 15) is 5.11 Å². The summed E-state index contributed by atoms with van der Waals surface area (Å²) in [4.78, 5) is 7.09. The third kappa shape index (κ3) is 2.97. The molecule has 21 heavy (non-hydrogen) atoms. The van der Waals surface area contributed by atoms with Crippen LogP contribution in [0.3, 0.4) is 0 Å². The molecule has 1 atom stereocenters. The zero-order chi connectivity index (χ0) is 15.7. The summed E-state index contributed by atoms with van der Waals surface area (Å²) in [5.74, 6) is 1.50. The summed E-state index contributed by atoms with van der Waals surface area (Å²) in [7, 11) is 4.17. The minimum absolute atomic E-state index is 0.129. The quantitative estimate of drug-likeness (QED) is 0.920. The van der Waals surface area contributed by atoms with Crippen molar-refractivity contribution in [3.8, 4) is 0 Å². The van der Waals surface area contributed by atoms with Gasteiger partial charge in [0.2, 0.25) is 0 Å². The molecule has 0 aliphatic heterocycles. The molecule has 2 rings (SSSR count). The number of aliphatic hydroxyl groups is 1. The van der Waals surface area contributed by atoms with Crippen molar-refractivity contribution in [2.45, 2.75) is 40.3 Å². The minimum Gasteiger partial charge on any atom is -0.395 e. The Morgan fingerprint density at radius 3 is 2.33 bits per heavy atom. The Morgan fingerprint density at radius 1 is 1.19 bits per heavy atom. The molecule has 0 spiro atoms. The second-order valence-corrected chi connectivity index (χ2v) is 6.42. The normalized spacial score (nSPS) is 13.6. The first-order chi connectivity index (χ1) is 9.86. The number of imidazole rings is 1. The van der Waals surface area contributed by atoms with Crippen LogP contribution in [0.2, 0.25) is 0 Å². The largest absolute Gasteiger partial charge is 0.395 e. The molecule has 0 bridgehead atoms. The van der Waals surface area contributed by atoms with Crippen molar-refractivity contribution in [1.82, 2.24) is 14.5 Å². The molecular formula is C17H27N3O. The highest BCUT2D eigenvalue weighted by atomic mass is 16.3. The average Bonchev–Trinajstić information content (AvgIpc) is 2.68. The third-order valence-electron chi connectivity index (χ3n) is 4.17. The maximum atomic E-state index is 9.44. The Balaban J connectivity index is 2.69. The van der Waals surface area contributed by atoms with Crippen molar-refractivity contribution in [3.63, 3.8) is 0 Å². The molecule has 1 aromatic carbocycles. The van der Waals surface area contributed by atoms with Gasteiger partial charge in [-0.3, -0.25) is 4.90 Å². The predicted molar refractivity (Wildman–Crippen MR) is 87.6 cm³/mol. The molecule has 0 saturated heterocycles. The van der Waals surface area contributed by atoms with E-state index in [-0.39, 0.29) is 12.6 Å². The van der Waals surface area contributed by atoms with Gasteiger partial charge in [-0.25, -0.2) is 4.98 Å². The van der Waals surface area contributed by atoms with Crippen molar-refractivity contribution < 1.29 is 5.11 Å². The van der Waals surface area contributed by atoms with Crippen molar-refractivity contribution in [2.24, 2.45) is 5.92 Å². The van der Waals surface area contributed by atoms with Crippen LogP contribution in [0.25, 0.3) is 11.0 Å². The number of aromatic nitrogens is 2. The smallest absolute Gasteiger partial charge is 0.127 e. The fraction of sp³-hybridized carbons (Fsp3) is 0.588. The van der Waals surface area contributed by atoms with Gasteiger partial charge in [-0.1, -0.05) is 13.8 Å². The molecule has 0 saturated carbocycles. The predicted octanol–water partition coefficient (Wildman–Crippen LogP) is 2.90. The lowest BCUT2D eigenvalue weighted by Gasteiger charge is -2.28. The van der Waals surface area contributed by atoms with Crippen LogP contribution in [0, 0.1) is 19.8 Å². The molecule has 1 unspecified atom stereocenters. The number of aliphatic hydroxyl groups excluding tert-OH is 1.